The molecule has 72 heavy (non-hydrogen) atoms. The zero-order valence-electron chi connectivity index (χ0n) is 43.3. The van der Waals surface area contributed by atoms with Crippen molar-refractivity contribution >= 4 is 70.9 Å². The molecule has 0 aromatic rings. The molecule has 0 bridgehead atoms. The van der Waals surface area contributed by atoms with Gasteiger partial charge in [-0.25, -0.2) is 0 Å². The summed E-state index contributed by atoms with van der Waals surface area (Å²) in [6.07, 6.45) is -0.885. The van der Waals surface area contributed by atoms with E-state index in [4.69, 9.17) is 22.9 Å². The van der Waals surface area contributed by atoms with E-state index in [0.717, 1.165) is 0 Å². The lowest BCUT2D eigenvalue weighted by Gasteiger charge is -2.32. The SMILES string of the molecule is CCNC(=O)[C@@H]1CCCN1C(=O)[C@H](CCCN=C(N)N)NC(=O)[C@@H](NC(=O)[C@H](CCC(N)=O)NC(=O)[C@@H](NC(=O)[C@H](NC(=O)[C@@H](NC(=O)[C@@H](CCC(N)=O)NC(C)=O)C(C)C)[C@@H](C)CC)[C@@H](C)O)[C@@H](C)CC. The first-order valence-electron chi connectivity index (χ1n) is 24.7. The number of amides is 11. The zero-order chi connectivity index (χ0) is 55.0. The highest BCUT2D eigenvalue weighted by Gasteiger charge is 2.40. The van der Waals surface area contributed by atoms with E-state index < -0.39 is 138 Å². The van der Waals surface area contributed by atoms with Crippen molar-refractivity contribution in [2.75, 3.05) is 19.6 Å². The highest BCUT2D eigenvalue weighted by molar-refractivity contribution is 5.98. The van der Waals surface area contributed by atoms with Crippen LogP contribution in [0, 0.1) is 17.8 Å². The Morgan fingerprint density at radius 2 is 1.04 bits per heavy atom. The third kappa shape index (κ3) is 21.4. The fourth-order valence-electron chi connectivity index (χ4n) is 7.77. The second kappa shape index (κ2) is 31.7. The standard InChI is InChI=1S/C46H82N14O12/c1-10-24(6)35(42(69)55-30(15-13-21-52-46(49)50)45(72)60-22-14-16-31(60)40(67)51-12-3)57-39(66)29(18-20-33(48)64)54-44(71)37(26(8)61)59-43(70)36(25(7)11-2)58-41(68)34(23(4)5)56-38(65)28(53-27(9)62)17-19-32(47)63/h23-26,28-31,34-37,61H,10-22H2,1-9H3,(H2,47,63)(H2,48,64)(H,51,67)(H,53,62)(H,54,71)(H,55,69)(H,56,65)(H,57,66)(H,58,68)(H,59,70)(H4,49,50,52)/t24-,25-,26+,28+,29-,30-,31-,34-,35-,36+,37-/m0/s1. The number of aliphatic hydroxyl groups excluding tert-OH is 1. The van der Waals surface area contributed by atoms with Crippen LogP contribution in [0.25, 0.3) is 0 Å². The Balaban J connectivity index is 3.47. The Hall–Kier alpha value is -6.60. The van der Waals surface area contributed by atoms with E-state index in [2.05, 4.69) is 47.5 Å². The summed E-state index contributed by atoms with van der Waals surface area (Å²) < 4.78 is 0. The molecule has 0 radical (unpaired) electrons. The summed E-state index contributed by atoms with van der Waals surface area (Å²) in [7, 11) is 0. The molecule has 0 spiro atoms. The predicted molar refractivity (Wildman–Crippen MR) is 265 cm³/mol. The van der Waals surface area contributed by atoms with Gasteiger partial charge < -0.3 is 75.5 Å². The number of primary amides is 2. The van der Waals surface area contributed by atoms with Crippen LogP contribution in [-0.2, 0) is 52.7 Å². The summed E-state index contributed by atoms with van der Waals surface area (Å²) in [6.45, 7) is 14.9. The third-order valence-electron chi connectivity index (χ3n) is 12.3. The molecule has 0 unspecified atom stereocenters. The van der Waals surface area contributed by atoms with E-state index in [-0.39, 0.29) is 57.1 Å². The molecule has 26 nitrogen and oxygen atoms in total. The minimum Gasteiger partial charge on any atom is -0.391 e. The predicted octanol–water partition coefficient (Wildman–Crippen LogP) is -3.76. The van der Waals surface area contributed by atoms with Gasteiger partial charge in [-0.05, 0) is 70.1 Å². The summed E-state index contributed by atoms with van der Waals surface area (Å²) in [5.74, 6) is -10.2. The molecule has 17 N–H and O–H groups in total. The van der Waals surface area contributed by atoms with Gasteiger partial charge in [0.2, 0.25) is 65.0 Å². The molecule has 408 valence electrons. The molecule has 11 amide bonds. The van der Waals surface area contributed by atoms with Crippen LogP contribution in [0.2, 0.25) is 0 Å². The average Bonchev–Trinajstić information content (AvgIpc) is 3.80. The number of likely N-dealkylation sites (N-methyl/N-ethyl adjacent to an activating group) is 1. The number of carbonyl (C=O) groups excluding carboxylic acids is 11. The van der Waals surface area contributed by atoms with Crippen molar-refractivity contribution in [2.24, 2.45) is 45.7 Å². The largest absolute Gasteiger partial charge is 0.391 e. The maximum atomic E-state index is 14.2. The summed E-state index contributed by atoms with van der Waals surface area (Å²) in [5, 5.41) is 31.5. The first-order chi connectivity index (χ1) is 33.7. The molecule has 0 aromatic heterocycles. The van der Waals surface area contributed by atoms with E-state index in [1.54, 1.807) is 48.5 Å². The molecular weight excluding hydrogens is 941 g/mol. The molecule has 26 heteroatoms. The van der Waals surface area contributed by atoms with Crippen molar-refractivity contribution in [1.82, 2.24) is 47.4 Å². The Morgan fingerprint density at radius 1 is 0.597 bits per heavy atom. The Bertz CT molecular complexity index is 1930. The van der Waals surface area contributed by atoms with Crippen LogP contribution in [-0.4, -0.2) is 155 Å². The number of nitrogens with two attached hydrogens (primary N) is 4. The van der Waals surface area contributed by atoms with Crippen LogP contribution in [0.3, 0.4) is 0 Å². The van der Waals surface area contributed by atoms with Gasteiger partial charge in [0.05, 0.1) is 6.10 Å². The number of aliphatic hydroxyl groups is 1. The lowest BCUT2D eigenvalue weighted by Crippen LogP contribution is -2.63. The van der Waals surface area contributed by atoms with Gasteiger partial charge in [-0.15, -0.1) is 0 Å². The quantitative estimate of drug-likeness (QED) is 0.0175. The van der Waals surface area contributed by atoms with Crippen molar-refractivity contribution in [3.63, 3.8) is 0 Å². The molecule has 1 saturated heterocycles. The molecular formula is C46H82N14O12. The molecule has 1 aliphatic rings. The number of nitrogens with zero attached hydrogens (tertiary/aromatic N) is 2. The molecule has 0 aromatic carbocycles. The fourth-order valence-corrected chi connectivity index (χ4v) is 7.77. The number of hydrogen-bond acceptors (Lipinski definition) is 13. The van der Waals surface area contributed by atoms with Crippen LogP contribution < -0.4 is 65.5 Å². The van der Waals surface area contributed by atoms with Crippen molar-refractivity contribution in [3.8, 4) is 0 Å². The fraction of sp³-hybridized carbons (Fsp3) is 0.739. The summed E-state index contributed by atoms with van der Waals surface area (Å²) >= 11 is 0. The molecule has 1 heterocycles. The first-order valence-corrected chi connectivity index (χ1v) is 24.7. The van der Waals surface area contributed by atoms with Gasteiger partial charge in [0, 0.05) is 39.4 Å². The van der Waals surface area contributed by atoms with Gasteiger partial charge in [-0.2, -0.15) is 0 Å². The van der Waals surface area contributed by atoms with Gasteiger partial charge in [0.15, 0.2) is 5.96 Å². The Kier molecular flexibility index (Phi) is 27.9. The van der Waals surface area contributed by atoms with Crippen molar-refractivity contribution in [3.05, 3.63) is 0 Å². The Morgan fingerprint density at radius 3 is 1.50 bits per heavy atom. The van der Waals surface area contributed by atoms with Crippen LogP contribution in [0.15, 0.2) is 4.99 Å². The highest BCUT2D eigenvalue weighted by atomic mass is 16.3. The molecule has 1 aliphatic heterocycles. The lowest BCUT2D eigenvalue weighted by molar-refractivity contribution is -0.142. The second-order valence-electron chi connectivity index (χ2n) is 18.6. The number of hydrogen-bond donors (Lipinski definition) is 13. The summed E-state index contributed by atoms with van der Waals surface area (Å²) in [5.41, 5.74) is 21.6. The highest BCUT2D eigenvalue weighted by Crippen LogP contribution is 2.21. The maximum absolute atomic E-state index is 14.2. The van der Waals surface area contributed by atoms with E-state index >= 15 is 0 Å². The van der Waals surface area contributed by atoms with E-state index in [9.17, 15) is 57.8 Å². The van der Waals surface area contributed by atoms with Crippen LogP contribution in [0.5, 0.6) is 0 Å². The van der Waals surface area contributed by atoms with Gasteiger partial charge in [-0.1, -0.05) is 54.4 Å². The van der Waals surface area contributed by atoms with Crippen LogP contribution in [0.1, 0.15) is 127 Å². The number of aliphatic imine (C=N–C) groups is 1. The van der Waals surface area contributed by atoms with Crippen molar-refractivity contribution in [1.29, 1.82) is 0 Å². The first kappa shape index (κ1) is 63.4. The van der Waals surface area contributed by atoms with Crippen molar-refractivity contribution in [2.45, 2.75) is 181 Å². The average molecular weight is 1020 g/mol. The number of likely N-dealkylation sites (tertiary alicyclic amines) is 1. The van der Waals surface area contributed by atoms with Gasteiger partial charge in [-0.3, -0.25) is 57.7 Å². The number of nitrogens with one attached hydrogen (secondary N) is 8. The monoisotopic (exact) mass is 1020 g/mol. The van der Waals surface area contributed by atoms with Crippen LogP contribution >= 0.6 is 0 Å². The van der Waals surface area contributed by atoms with Gasteiger partial charge >= 0.3 is 0 Å². The topological polar surface area (TPSA) is 424 Å². The Labute approximate surface area is 421 Å². The summed E-state index contributed by atoms with van der Waals surface area (Å²) in [4.78, 5) is 151. The molecule has 1 fully saturated rings. The van der Waals surface area contributed by atoms with E-state index in [1.165, 1.54) is 18.7 Å². The van der Waals surface area contributed by atoms with E-state index in [1.807, 2.05) is 0 Å². The minimum atomic E-state index is -1.76. The number of carbonyl (C=O) groups is 11. The normalized spacial score (nSPS) is 17.4. The number of guanidine groups is 1. The zero-order valence-corrected chi connectivity index (χ0v) is 43.3. The maximum Gasteiger partial charge on any atom is 0.245 e. The minimum absolute atomic E-state index is 0.0569. The summed E-state index contributed by atoms with van der Waals surface area (Å²) in [6, 6.07) is -10.4. The molecule has 11 atom stereocenters. The van der Waals surface area contributed by atoms with Gasteiger partial charge in [0.1, 0.15) is 48.3 Å². The van der Waals surface area contributed by atoms with E-state index in [0.29, 0.717) is 32.2 Å². The van der Waals surface area contributed by atoms with Gasteiger partial charge in [0.25, 0.3) is 0 Å². The molecule has 0 saturated carbocycles. The molecule has 1 rings (SSSR count). The van der Waals surface area contributed by atoms with Crippen LogP contribution in [0.4, 0.5) is 0 Å². The second-order valence-corrected chi connectivity index (χ2v) is 18.6. The third-order valence-corrected chi connectivity index (χ3v) is 12.3. The smallest absolute Gasteiger partial charge is 0.245 e. The number of rotatable bonds is 32. The lowest BCUT2D eigenvalue weighted by atomic mass is 9.95. The molecule has 0 aliphatic carbocycles. The van der Waals surface area contributed by atoms with Crippen molar-refractivity contribution < 1.29 is 57.8 Å².